The molecule has 0 spiro atoms. The van der Waals surface area contributed by atoms with Crippen LogP contribution in [0.1, 0.15) is 5.56 Å². The normalized spacial score (nSPS) is 9.64. The van der Waals surface area contributed by atoms with Crippen molar-refractivity contribution in [1.29, 1.82) is 0 Å². The lowest BCUT2D eigenvalue weighted by atomic mass is 10.2. The second-order valence-corrected chi connectivity index (χ2v) is 3.37. The van der Waals surface area contributed by atoms with Gasteiger partial charge in [0.25, 0.3) is 0 Å². The van der Waals surface area contributed by atoms with Crippen LogP contribution in [0.4, 0.5) is 0 Å². The van der Waals surface area contributed by atoms with Crippen molar-refractivity contribution in [1.82, 2.24) is 0 Å². The highest BCUT2D eigenvalue weighted by atomic mass is 35.5. The van der Waals surface area contributed by atoms with Crippen LogP contribution in [0, 0.1) is 0 Å². The first-order valence-corrected chi connectivity index (χ1v) is 4.84. The van der Waals surface area contributed by atoms with Gasteiger partial charge in [0.05, 0.1) is 0 Å². The molecule has 0 fully saturated rings. The Kier molecular flexibility index (Phi) is 3.03. The highest BCUT2D eigenvalue weighted by molar-refractivity contribution is 7.98. The Morgan fingerprint density at radius 2 is 2.27 bits per heavy atom. The molecule has 11 heavy (non-hydrogen) atoms. The van der Waals surface area contributed by atoms with Gasteiger partial charge in [-0.05, 0) is 30.0 Å². The molecule has 0 atom stereocenters. The monoisotopic (exact) mass is 184 g/mol. The number of hydrogen-bond acceptors (Lipinski definition) is 1. The molecular weight excluding hydrogens is 176 g/mol. The number of thioether (sulfide) groups is 1. The quantitative estimate of drug-likeness (QED) is 0.632. The van der Waals surface area contributed by atoms with Gasteiger partial charge in [0, 0.05) is 9.92 Å². The molecule has 0 unspecified atom stereocenters. The maximum Gasteiger partial charge on any atom is 0.0412 e. The largest absolute Gasteiger partial charge is 0.129 e. The number of benzene rings is 1. The highest BCUT2D eigenvalue weighted by Gasteiger charge is 1.97. The van der Waals surface area contributed by atoms with Gasteiger partial charge in [-0.25, -0.2) is 0 Å². The SMILES string of the molecule is C=Cc1cc(Cl)ccc1SC. The summed E-state index contributed by atoms with van der Waals surface area (Å²) >= 11 is 7.49. The molecule has 2 heteroatoms. The molecule has 0 N–H and O–H groups in total. The van der Waals surface area contributed by atoms with E-state index in [9.17, 15) is 0 Å². The lowest BCUT2D eigenvalue weighted by Crippen LogP contribution is -1.77. The molecule has 1 aromatic carbocycles. The maximum atomic E-state index is 5.80. The van der Waals surface area contributed by atoms with E-state index in [1.54, 1.807) is 11.8 Å². The average molecular weight is 185 g/mol. The second-order valence-electron chi connectivity index (χ2n) is 2.09. The molecule has 0 nitrogen and oxygen atoms in total. The number of hydrogen-bond donors (Lipinski definition) is 0. The third-order valence-corrected chi connectivity index (χ3v) is 2.46. The summed E-state index contributed by atoms with van der Waals surface area (Å²) in [4.78, 5) is 1.21. The van der Waals surface area contributed by atoms with Crippen molar-refractivity contribution in [2.24, 2.45) is 0 Å². The van der Waals surface area contributed by atoms with Crippen molar-refractivity contribution in [2.45, 2.75) is 4.90 Å². The third kappa shape index (κ3) is 2.01. The summed E-state index contributed by atoms with van der Waals surface area (Å²) in [6.45, 7) is 3.71. The predicted octanol–water partition coefficient (Wildman–Crippen LogP) is 3.70. The van der Waals surface area contributed by atoms with Crippen LogP contribution in [0.5, 0.6) is 0 Å². The summed E-state index contributed by atoms with van der Waals surface area (Å²) in [5.41, 5.74) is 1.10. The summed E-state index contributed by atoms with van der Waals surface area (Å²) in [6.07, 6.45) is 3.86. The van der Waals surface area contributed by atoms with Crippen molar-refractivity contribution in [3.05, 3.63) is 35.4 Å². The summed E-state index contributed by atoms with van der Waals surface area (Å²) in [5, 5.41) is 0.762. The number of rotatable bonds is 2. The molecular formula is C9H9ClS. The predicted molar refractivity (Wildman–Crippen MR) is 53.3 cm³/mol. The first kappa shape index (κ1) is 8.69. The number of halogens is 1. The van der Waals surface area contributed by atoms with E-state index in [1.807, 2.05) is 30.5 Å². The molecule has 0 saturated carbocycles. The molecule has 1 aromatic rings. The van der Waals surface area contributed by atoms with Crippen molar-refractivity contribution < 1.29 is 0 Å². The Hall–Kier alpha value is -0.400. The van der Waals surface area contributed by atoms with E-state index in [2.05, 4.69) is 6.58 Å². The van der Waals surface area contributed by atoms with E-state index in [0.29, 0.717) is 0 Å². The topological polar surface area (TPSA) is 0 Å². The van der Waals surface area contributed by atoms with Crippen LogP contribution in [0.2, 0.25) is 5.02 Å². The summed E-state index contributed by atoms with van der Waals surface area (Å²) in [7, 11) is 0. The lowest BCUT2D eigenvalue weighted by Gasteiger charge is -2.01. The Bertz CT molecular complexity index is 268. The van der Waals surface area contributed by atoms with Gasteiger partial charge in [-0.3, -0.25) is 0 Å². The minimum atomic E-state index is 0.762. The van der Waals surface area contributed by atoms with Crippen LogP contribution in [-0.4, -0.2) is 6.26 Å². The molecule has 0 amide bonds. The van der Waals surface area contributed by atoms with Gasteiger partial charge >= 0.3 is 0 Å². The Morgan fingerprint density at radius 3 is 2.82 bits per heavy atom. The van der Waals surface area contributed by atoms with E-state index in [-0.39, 0.29) is 0 Å². The first-order chi connectivity index (χ1) is 5.27. The minimum absolute atomic E-state index is 0.762. The van der Waals surface area contributed by atoms with Crippen LogP contribution in [0.3, 0.4) is 0 Å². The zero-order chi connectivity index (χ0) is 8.27. The molecule has 0 radical (unpaired) electrons. The fraction of sp³-hybridized carbons (Fsp3) is 0.111. The van der Waals surface area contributed by atoms with E-state index in [0.717, 1.165) is 10.6 Å². The fourth-order valence-corrected chi connectivity index (χ4v) is 1.63. The van der Waals surface area contributed by atoms with E-state index >= 15 is 0 Å². The summed E-state index contributed by atoms with van der Waals surface area (Å²) < 4.78 is 0. The molecule has 0 saturated heterocycles. The zero-order valence-electron chi connectivity index (χ0n) is 6.30. The molecule has 58 valence electrons. The van der Waals surface area contributed by atoms with Crippen molar-refractivity contribution in [3.63, 3.8) is 0 Å². The smallest absolute Gasteiger partial charge is 0.0412 e. The summed E-state index contributed by atoms with van der Waals surface area (Å²) in [5.74, 6) is 0. The minimum Gasteiger partial charge on any atom is -0.129 e. The van der Waals surface area contributed by atoms with Crippen LogP contribution < -0.4 is 0 Å². The van der Waals surface area contributed by atoms with Gasteiger partial charge in [-0.1, -0.05) is 24.3 Å². The molecule has 0 aliphatic carbocycles. The fourth-order valence-electron chi connectivity index (χ4n) is 0.865. The van der Waals surface area contributed by atoms with Crippen LogP contribution in [-0.2, 0) is 0 Å². The highest BCUT2D eigenvalue weighted by Crippen LogP contribution is 2.24. The van der Waals surface area contributed by atoms with Crippen molar-refractivity contribution in [2.75, 3.05) is 6.26 Å². The van der Waals surface area contributed by atoms with Gasteiger partial charge in [-0.2, -0.15) is 0 Å². The maximum absolute atomic E-state index is 5.80. The molecule has 0 heterocycles. The molecule has 0 aliphatic heterocycles. The molecule has 0 aromatic heterocycles. The Balaban J connectivity index is 3.16. The Labute approximate surface area is 76.3 Å². The van der Waals surface area contributed by atoms with Gasteiger partial charge in [0.1, 0.15) is 0 Å². The standard InChI is InChI=1S/C9H9ClS/c1-3-7-6-8(10)4-5-9(7)11-2/h3-6H,1H2,2H3. The van der Waals surface area contributed by atoms with Crippen LogP contribution in [0.15, 0.2) is 29.7 Å². The van der Waals surface area contributed by atoms with Crippen LogP contribution in [0.25, 0.3) is 6.08 Å². The van der Waals surface area contributed by atoms with E-state index in [4.69, 9.17) is 11.6 Å². The third-order valence-electron chi connectivity index (χ3n) is 1.41. The van der Waals surface area contributed by atoms with Gasteiger partial charge in [0.2, 0.25) is 0 Å². The molecule has 0 aliphatic rings. The second kappa shape index (κ2) is 3.84. The molecule has 0 bridgehead atoms. The lowest BCUT2D eigenvalue weighted by molar-refractivity contribution is 1.43. The van der Waals surface area contributed by atoms with Gasteiger partial charge in [0.15, 0.2) is 0 Å². The first-order valence-electron chi connectivity index (χ1n) is 3.24. The zero-order valence-corrected chi connectivity index (χ0v) is 7.88. The van der Waals surface area contributed by atoms with Gasteiger partial charge in [-0.15, -0.1) is 11.8 Å². The van der Waals surface area contributed by atoms with Crippen molar-refractivity contribution in [3.8, 4) is 0 Å². The summed E-state index contributed by atoms with van der Waals surface area (Å²) in [6, 6.07) is 5.81. The van der Waals surface area contributed by atoms with Gasteiger partial charge < -0.3 is 0 Å². The molecule has 1 rings (SSSR count). The van der Waals surface area contributed by atoms with E-state index in [1.165, 1.54) is 4.90 Å². The Morgan fingerprint density at radius 1 is 1.55 bits per heavy atom. The van der Waals surface area contributed by atoms with E-state index < -0.39 is 0 Å². The van der Waals surface area contributed by atoms with Crippen molar-refractivity contribution >= 4 is 29.4 Å². The van der Waals surface area contributed by atoms with Crippen LogP contribution >= 0.6 is 23.4 Å². The average Bonchev–Trinajstić information content (AvgIpc) is 2.04.